The summed E-state index contributed by atoms with van der Waals surface area (Å²) in [6.45, 7) is 0. The lowest BCUT2D eigenvalue weighted by Gasteiger charge is -2.18. The highest BCUT2D eigenvalue weighted by atomic mass is 79.9. The molecule has 4 rings (SSSR count). The van der Waals surface area contributed by atoms with Crippen LogP contribution >= 0.6 is 31.9 Å². The summed E-state index contributed by atoms with van der Waals surface area (Å²) in [5, 5.41) is 9.92. The molecule has 32 heavy (non-hydrogen) atoms. The maximum atomic E-state index is 13.2. The van der Waals surface area contributed by atoms with E-state index < -0.39 is 0 Å². The van der Waals surface area contributed by atoms with Crippen molar-refractivity contribution in [1.82, 2.24) is 4.98 Å². The largest absolute Gasteiger partial charge is 0.383 e. The molecule has 6 heteroatoms. The van der Waals surface area contributed by atoms with Gasteiger partial charge < -0.3 is 5.73 Å². The van der Waals surface area contributed by atoms with Crippen molar-refractivity contribution in [3.05, 3.63) is 104 Å². The number of nitrogen functional groups attached to an aromatic ring is 1. The van der Waals surface area contributed by atoms with Crippen molar-refractivity contribution in [3.63, 3.8) is 0 Å². The van der Waals surface area contributed by atoms with Gasteiger partial charge in [-0.25, -0.2) is 4.98 Å². The van der Waals surface area contributed by atoms with Crippen molar-refractivity contribution in [2.45, 2.75) is 6.42 Å². The van der Waals surface area contributed by atoms with Crippen molar-refractivity contribution >= 4 is 43.5 Å². The lowest BCUT2D eigenvalue weighted by Crippen LogP contribution is -2.11. The van der Waals surface area contributed by atoms with Crippen LogP contribution in [-0.4, -0.2) is 10.8 Å². The first-order chi connectivity index (χ1) is 15.5. The molecule has 0 fully saturated rings. The number of nitrogens with zero attached hydrogens (tertiary/aromatic N) is 2. The number of nitriles is 1. The van der Waals surface area contributed by atoms with Crippen LogP contribution in [0.4, 0.5) is 5.82 Å². The highest BCUT2D eigenvalue weighted by Crippen LogP contribution is 2.38. The zero-order valence-corrected chi connectivity index (χ0v) is 20.0. The molecule has 4 nitrogen and oxygen atoms in total. The van der Waals surface area contributed by atoms with Crippen molar-refractivity contribution < 1.29 is 4.79 Å². The van der Waals surface area contributed by atoms with E-state index in [0.717, 1.165) is 20.1 Å². The van der Waals surface area contributed by atoms with Crippen molar-refractivity contribution in [3.8, 4) is 28.5 Å². The van der Waals surface area contributed by atoms with E-state index in [1.165, 1.54) is 0 Å². The summed E-state index contributed by atoms with van der Waals surface area (Å²) in [4.78, 5) is 17.8. The van der Waals surface area contributed by atoms with Gasteiger partial charge in [0.2, 0.25) is 0 Å². The molecule has 3 aromatic carbocycles. The lowest BCUT2D eigenvalue weighted by molar-refractivity contribution is 0.0993. The number of hydrogen-bond donors (Lipinski definition) is 1. The summed E-state index contributed by atoms with van der Waals surface area (Å²) in [5.41, 5.74) is 10.6. The van der Waals surface area contributed by atoms with Crippen LogP contribution in [0.25, 0.3) is 22.4 Å². The van der Waals surface area contributed by atoms with Gasteiger partial charge in [-0.2, -0.15) is 5.26 Å². The first-order valence-electron chi connectivity index (χ1n) is 9.80. The molecule has 2 N–H and O–H groups in total. The van der Waals surface area contributed by atoms with Crippen LogP contribution in [0.1, 0.15) is 21.5 Å². The van der Waals surface area contributed by atoms with Crippen LogP contribution in [-0.2, 0) is 6.42 Å². The Bertz CT molecular complexity index is 1330. The van der Waals surface area contributed by atoms with Crippen LogP contribution in [0.2, 0.25) is 0 Å². The van der Waals surface area contributed by atoms with E-state index in [0.29, 0.717) is 22.4 Å². The van der Waals surface area contributed by atoms with E-state index in [1.807, 2.05) is 66.7 Å². The third kappa shape index (κ3) is 4.50. The minimum absolute atomic E-state index is 0.0576. The van der Waals surface area contributed by atoms with Gasteiger partial charge in [-0.3, -0.25) is 4.79 Å². The van der Waals surface area contributed by atoms with E-state index in [9.17, 15) is 10.1 Å². The molecule has 0 amide bonds. The number of carbonyl (C=O) groups excluding carboxylic acids is 1. The molecule has 0 aliphatic carbocycles. The van der Waals surface area contributed by atoms with E-state index in [-0.39, 0.29) is 23.6 Å². The van der Waals surface area contributed by atoms with Crippen LogP contribution in [0.3, 0.4) is 0 Å². The Labute approximate surface area is 203 Å². The predicted molar refractivity (Wildman–Crippen MR) is 134 cm³/mol. The number of pyridine rings is 1. The summed E-state index contributed by atoms with van der Waals surface area (Å²) >= 11 is 6.91. The maximum absolute atomic E-state index is 13.2. The Kier molecular flexibility index (Phi) is 6.50. The monoisotopic (exact) mass is 545 g/mol. The van der Waals surface area contributed by atoms with E-state index in [4.69, 9.17) is 5.73 Å². The van der Waals surface area contributed by atoms with Crippen LogP contribution in [0, 0.1) is 11.3 Å². The summed E-state index contributed by atoms with van der Waals surface area (Å²) in [5.74, 6) is 0.0806. The molecule has 156 valence electrons. The second-order valence-electron chi connectivity index (χ2n) is 7.17. The number of halogens is 2. The molecule has 0 aliphatic rings. The number of ketones is 1. The minimum Gasteiger partial charge on any atom is -0.383 e. The topological polar surface area (TPSA) is 79.8 Å². The molecule has 0 saturated carbocycles. The number of benzene rings is 3. The standard InChI is InChI=1S/C26H17Br2N3O/c27-19-10-6-17(7-11-19)24-21(14-23(32)16-4-2-1-3-5-16)25(31-26(30)22(24)15-29)18-8-12-20(28)13-9-18/h1-13H,14H2,(H2,30,31). The molecular formula is C26H17Br2N3O. The molecule has 0 spiro atoms. The third-order valence-corrected chi connectivity index (χ3v) is 6.18. The normalized spacial score (nSPS) is 10.5. The number of nitrogens with two attached hydrogens (primary N) is 1. The van der Waals surface area contributed by atoms with Gasteiger partial charge in [0.05, 0.1) is 5.69 Å². The van der Waals surface area contributed by atoms with Gasteiger partial charge in [-0.05, 0) is 35.4 Å². The molecular weight excluding hydrogens is 530 g/mol. The van der Waals surface area contributed by atoms with Crippen LogP contribution < -0.4 is 5.73 Å². The van der Waals surface area contributed by atoms with Gasteiger partial charge in [-0.15, -0.1) is 0 Å². The maximum Gasteiger partial charge on any atom is 0.167 e. The van der Waals surface area contributed by atoms with Gasteiger partial charge in [0.1, 0.15) is 17.5 Å². The average molecular weight is 547 g/mol. The summed E-state index contributed by atoms with van der Waals surface area (Å²) in [6, 6.07) is 26.6. The highest BCUT2D eigenvalue weighted by Gasteiger charge is 2.23. The van der Waals surface area contributed by atoms with Crippen LogP contribution in [0.5, 0.6) is 0 Å². The Morgan fingerprint density at radius 3 is 2.00 bits per heavy atom. The van der Waals surface area contributed by atoms with E-state index >= 15 is 0 Å². The number of carbonyl (C=O) groups is 1. The number of rotatable bonds is 5. The number of anilines is 1. The molecule has 1 heterocycles. The molecule has 0 radical (unpaired) electrons. The minimum atomic E-state index is -0.0576. The third-order valence-electron chi connectivity index (χ3n) is 5.12. The Morgan fingerprint density at radius 2 is 1.44 bits per heavy atom. The fourth-order valence-electron chi connectivity index (χ4n) is 3.59. The molecule has 0 unspecified atom stereocenters. The Hall–Kier alpha value is -3.27. The fraction of sp³-hybridized carbons (Fsp3) is 0.0385. The zero-order chi connectivity index (χ0) is 22.7. The molecule has 0 saturated heterocycles. The lowest BCUT2D eigenvalue weighted by atomic mass is 9.88. The second kappa shape index (κ2) is 9.47. The summed E-state index contributed by atoms with van der Waals surface area (Å²) in [6.07, 6.45) is 0.0861. The van der Waals surface area contributed by atoms with Crippen molar-refractivity contribution in [2.75, 3.05) is 5.73 Å². The van der Waals surface area contributed by atoms with Gasteiger partial charge in [-0.1, -0.05) is 86.5 Å². The van der Waals surface area contributed by atoms with Gasteiger partial charge in [0.25, 0.3) is 0 Å². The first-order valence-corrected chi connectivity index (χ1v) is 11.4. The summed E-state index contributed by atoms with van der Waals surface area (Å²) in [7, 11) is 0. The van der Waals surface area contributed by atoms with Crippen molar-refractivity contribution in [1.29, 1.82) is 5.26 Å². The molecule has 1 aromatic heterocycles. The first kappa shape index (κ1) is 21.9. The number of aromatic nitrogens is 1. The number of Topliss-reactive ketones (excluding diaryl/α,β-unsaturated/α-hetero) is 1. The van der Waals surface area contributed by atoms with E-state index in [2.05, 4.69) is 42.9 Å². The Balaban J connectivity index is 1.99. The number of hydrogen-bond acceptors (Lipinski definition) is 4. The molecule has 0 aliphatic heterocycles. The fourth-order valence-corrected chi connectivity index (χ4v) is 4.12. The predicted octanol–water partition coefficient (Wildman–Crippen LogP) is 6.82. The molecule has 4 aromatic rings. The quantitative estimate of drug-likeness (QED) is 0.278. The average Bonchev–Trinajstić information content (AvgIpc) is 2.81. The van der Waals surface area contributed by atoms with Crippen LogP contribution in [0.15, 0.2) is 87.8 Å². The highest BCUT2D eigenvalue weighted by molar-refractivity contribution is 9.10. The Morgan fingerprint density at radius 1 is 0.875 bits per heavy atom. The van der Waals surface area contributed by atoms with Gasteiger partial charge in [0, 0.05) is 32.1 Å². The second-order valence-corrected chi connectivity index (χ2v) is 9.00. The van der Waals surface area contributed by atoms with Gasteiger partial charge in [0.15, 0.2) is 5.78 Å². The smallest absolute Gasteiger partial charge is 0.167 e. The summed E-state index contributed by atoms with van der Waals surface area (Å²) < 4.78 is 1.84. The zero-order valence-electron chi connectivity index (χ0n) is 16.8. The SMILES string of the molecule is N#Cc1c(N)nc(-c2ccc(Br)cc2)c(CC(=O)c2ccccc2)c1-c1ccc(Br)cc1. The molecule has 0 bridgehead atoms. The molecule has 0 atom stereocenters. The van der Waals surface area contributed by atoms with Crippen molar-refractivity contribution in [2.24, 2.45) is 0 Å². The van der Waals surface area contributed by atoms with Gasteiger partial charge >= 0.3 is 0 Å². The van der Waals surface area contributed by atoms with E-state index in [1.54, 1.807) is 12.1 Å².